The molecule has 40 heavy (non-hydrogen) atoms. The Kier molecular flexibility index (Phi) is 8.35. The first-order valence-electron chi connectivity index (χ1n) is 14.9. The zero-order chi connectivity index (χ0) is 28.2. The Morgan fingerprint density at radius 1 is 0.625 bits per heavy atom. The van der Waals surface area contributed by atoms with E-state index in [1.807, 2.05) is 6.20 Å². The molecule has 0 aliphatic heterocycles. The van der Waals surface area contributed by atoms with E-state index in [1.54, 1.807) is 0 Å². The van der Waals surface area contributed by atoms with Crippen LogP contribution >= 0.6 is 0 Å². The first-order valence-corrected chi connectivity index (χ1v) is 14.9. The highest BCUT2D eigenvalue weighted by molar-refractivity contribution is 5.76. The van der Waals surface area contributed by atoms with Gasteiger partial charge in [0.25, 0.3) is 0 Å². The van der Waals surface area contributed by atoms with Gasteiger partial charge in [-0.25, -0.2) is 4.98 Å². The SMILES string of the molecule is CCCC(C)c1ccccc1-c1nccn1-c1c(C(C)C)cc(-c2cccc(-c3ccccc3)c2)cc1C(C)C. The van der Waals surface area contributed by atoms with Crippen LogP contribution in [0, 0.1) is 0 Å². The molecule has 2 nitrogen and oxygen atoms in total. The average molecular weight is 527 g/mol. The van der Waals surface area contributed by atoms with Gasteiger partial charge in [-0.05, 0) is 81.3 Å². The van der Waals surface area contributed by atoms with Gasteiger partial charge in [0, 0.05) is 18.0 Å². The molecule has 204 valence electrons. The normalized spacial score (nSPS) is 12.3. The predicted molar refractivity (Wildman–Crippen MR) is 171 cm³/mol. The highest BCUT2D eigenvalue weighted by atomic mass is 15.1. The largest absolute Gasteiger partial charge is 0.299 e. The summed E-state index contributed by atoms with van der Waals surface area (Å²) in [5, 5.41) is 0. The molecule has 5 rings (SSSR count). The molecule has 1 aromatic heterocycles. The Morgan fingerprint density at radius 3 is 1.88 bits per heavy atom. The second-order valence-electron chi connectivity index (χ2n) is 11.7. The van der Waals surface area contributed by atoms with Crippen molar-refractivity contribution in [2.45, 2.75) is 72.1 Å². The quantitative estimate of drug-likeness (QED) is 0.187. The number of nitrogens with zero attached hydrogens (tertiary/aromatic N) is 2. The van der Waals surface area contributed by atoms with Gasteiger partial charge in [-0.3, -0.25) is 4.57 Å². The number of aromatic nitrogens is 2. The van der Waals surface area contributed by atoms with Crippen LogP contribution in [0.25, 0.3) is 39.3 Å². The van der Waals surface area contributed by atoms with E-state index in [9.17, 15) is 0 Å². The monoisotopic (exact) mass is 526 g/mol. The van der Waals surface area contributed by atoms with E-state index in [4.69, 9.17) is 4.98 Å². The number of hydrogen-bond acceptors (Lipinski definition) is 1. The lowest BCUT2D eigenvalue weighted by Crippen LogP contribution is -2.09. The van der Waals surface area contributed by atoms with Crippen LogP contribution in [0.3, 0.4) is 0 Å². The minimum Gasteiger partial charge on any atom is -0.299 e. The molecule has 1 unspecified atom stereocenters. The van der Waals surface area contributed by atoms with Gasteiger partial charge in [-0.2, -0.15) is 0 Å². The third kappa shape index (κ3) is 5.54. The molecule has 0 spiro atoms. The Morgan fingerprint density at radius 2 is 1.23 bits per heavy atom. The average Bonchev–Trinajstić information content (AvgIpc) is 3.46. The fraction of sp³-hybridized carbons (Fsp3) is 0.289. The molecule has 0 radical (unpaired) electrons. The van der Waals surface area contributed by atoms with Gasteiger partial charge in [0.15, 0.2) is 0 Å². The van der Waals surface area contributed by atoms with E-state index < -0.39 is 0 Å². The topological polar surface area (TPSA) is 17.8 Å². The summed E-state index contributed by atoms with van der Waals surface area (Å²) in [6, 6.07) is 33.2. The van der Waals surface area contributed by atoms with Gasteiger partial charge in [0.1, 0.15) is 5.82 Å². The first-order chi connectivity index (χ1) is 19.4. The molecule has 0 amide bonds. The summed E-state index contributed by atoms with van der Waals surface area (Å²) in [6.07, 6.45) is 6.45. The maximum Gasteiger partial charge on any atom is 0.144 e. The Hall–Kier alpha value is -3.91. The van der Waals surface area contributed by atoms with Crippen molar-refractivity contribution in [3.05, 3.63) is 120 Å². The van der Waals surface area contributed by atoms with Crippen LogP contribution in [0.4, 0.5) is 0 Å². The summed E-state index contributed by atoms with van der Waals surface area (Å²) in [6.45, 7) is 13.8. The Labute approximate surface area is 240 Å². The molecule has 0 saturated carbocycles. The number of imidazole rings is 1. The highest BCUT2D eigenvalue weighted by Gasteiger charge is 2.22. The van der Waals surface area contributed by atoms with Crippen molar-refractivity contribution in [1.82, 2.24) is 9.55 Å². The summed E-state index contributed by atoms with van der Waals surface area (Å²) in [5.41, 5.74) is 11.6. The molecule has 2 heteroatoms. The van der Waals surface area contributed by atoms with Crippen molar-refractivity contribution < 1.29 is 0 Å². The molecule has 0 bridgehead atoms. The van der Waals surface area contributed by atoms with Gasteiger partial charge in [-0.1, -0.05) is 121 Å². The molecule has 1 heterocycles. The summed E-state index contributed by atoms with van der Waals surface area (Å²) in [5.74, 6) is 2.23. The fourth-order valence-electron chi connectivity index (χ4n) is 5.92. The zero-order valence-electron chi connectivity index (χ0n) is 24.9. The maximum atomic E-state index is 4.96. The second-order valence-corrected chi connectivity index (χ2v) is 11.7. The van der Waals surface area contributed by atoms with Crippen LogP contribution in [-0.2, 0) is 0 Å². The molecule has 0 aliphatic carbocycles. The Balaban J connectivity index is 1.69. The lowest BCUT2D eigenvalue weighted by atomic mass is 9.87. The van der Waals surface area contributed by atoms with Crippen LogP contribution in [-0.4, -0.2) is 9.55 Å². The van der Waals surface area contributed by atoms with Crippen molar-refractivity contribution in [1.29, 1.82) is 0 Å². The standard InChI is InChI=1S/C38H42N2/c1-7-14-28(6)33-19-11-12-20-34(33)38-39-21-22-40(38)37-35(26(2)3)24-32(25-36(37)27(4)5)31-18-13-17-30(23-31)29-15-9-8-10-16-29/h8-13,15-28H,7,14H2,1-6H3. The van der Waals surface area contributed by atoms with Crippen molar-refractivity contribution in [3.8, 4) is 39.3 Å². The molecular weight excluding hydrogens is 484 g/mol. The van der Waals surface area contributed by atoms with Crippen LogP contribution in [0.2, 0.25) is 0 Å². The summed E-state index contributed by atoms with van der Waals surface area (Å²) < 4.78 is 2.35. The maximum absolute atomic E-state index is 4.96. The number of hydrogen-bond donors (Lipinski definition) is 0. The van der Waals surface area contributed by atoms with Crippen molar-refractivity contribution in [3.63, 3.8) is 0 Å². The molecule has 0 fully saturated rings. The van der Waals surface area contributed by atoms with E-state index in [1.165, 1.54) is 63.0 Å². The predicted octanol–water partition coefficient (Wildman–Crippen LogP) is 11.0. The summed E-state index contributed by atoms with van der Waals surface area (Å²) in [7, 11) is 0. The third-order valence-corrected chi connectivity index (χ3v) is 8.05. The second kappa shape index (κ2) is 12.1. The Bertz CT molecular complexity index is 1540. The minimum atomic E-state index is 0.356. The van der Waals surface area contributed by atoms with Gasteiger partial charge in [-0.15, -0.1) is 0 Å². The van der Waals surface area contributed by atoms with E-state index in [0.29, 0.717) is 17.8 Å². The van der Waals surface area contributed by atoms with Gasteiger partial charge in [0.2, 0.25) is 0 Å². The molecule has 1 atom stereocenters. The number of benzene rings is 4. The van der Waals surface area contributed by atoms with Crippen LogP contribution in [0.1, 0.15) is 88.8 Å². The molecule has 0 aliphatic rings. The highest BCUT2D eigenvalue weighted by Crippen LogP contribution is 2.39. The van der Waals surface area contributed by atoms with Gasteiger partial charge < -0.3 is 0 Å². The van der Waals surface area contributed by atoms with E-state index in [-0.39, 0.29) is 0 Å². The summed E-state index contributed by atoms with van der Waals surface area (Å²) in [4.78, 5) is 4.96. The lowest BCUT2D eigenvalue weighted by Gasteiger charge is -2.24. The summed E-state index contributed by atoms with van der Waals surface area (Å²) >= 11 is 0. The molecule has 0 saturated heterocycles. The first kappa shape index (κ1) is 27.6. The van der Waals surface area contributed by atoms with Crippen molar-refractivity contribution in [2.75, 3.05) is 0 Å². The fourth-order valence-corrected chi connectivity index (χ4v) is 5.92. The van der Waals surface area contributed by atoms with Gasteiger partial charge in [0.05, 0.1) is 5.69 Å². The van der Waals surface area contributed by atoms with E-state index >= 15 is 0 Å². The molecule has 0 N–H and O–H groups in total. The molecule has 5 aromatic rings. The zero-order valence-corrected chi connectivity index (χ0v) is 24.9. The van der Waals surface area contributed by atoms with Crippen LogP contribution in [0.15, 0.2) is 103 Å². The lowest BCUT2D eigenvalue weighted by molar-refractivity contribution is 0.665. The van der Waals surface area contributed by atoms with Crippen LogP contribution < -0.4 is 0 Å². The van der Waals surface area contributed by atoms with Crippen molar-refractivity contribution >= 4 is 0 Å². The van der Waals surface area contributed by atoms with Crippen LogP contribution in [0.5, 0.6) is 0 Å². The van der Waals surface area contributed by atoms with E-state index in [0.717, 1.165) is 5.82 Å². The third-order valence-electron chi connectivity index (χ3n) is 8.05. The van der Waals surface area contributed by atoms with Gasteiger partial charge >= 0.3 is 0 Å². The minimum absolute atomic E-state index is 0.356. The van der Waals surface area contributed by atoms with Crippen molar-refractivity contribution in [2.24, 2.45) is 0 Å². The molecular formula is C38H42N2. The number of rotatable bonds is 9. The van der Waals surface area contributed by atoms with E-state index in [2.05, 4.69) is 143 Å². The molecule has 4 aromatic carbocycles. The smallest absolute Gasteiger partial charge is 0.144 e.